The number of unbranched alkanes of at least 4 members (excludes halogenated alkanes) is 32. The summed E-state index contributed by atoms with van der Waals surface area (Å²) >= 11 is 4.21. The van der Waals surface area contributed by atoms with Gasteiger partial charge in [-0.05, 0) is 75.6 Å². The molecule has 0 radical (unpaired) electrons. The average Bonchev–Trinajstić information content (AvgIpc) is 4.25. The lowest BCUT2D eigenvalue weighted by Gasteiger charge is -2.29. The highest BCUT2D eigenvalue weighted by Crippen LogP contribution is 2.51. The Hall–Kier alpha value is -2.62. The van der Waals surface area contributed by atoms with Crippen LogP contribution in [-0.2, 0) is 9.59 Å². The summed E-state index contributed by atoms with van der Waals surface area (Å²) in [5, 5.41) is 0. The molecule has 0 spiro atoms. The van der Waals surface area contributed by atoms with Crippen molar-refractivity contribution in [3.8, 4) is 9.75 Å². The lowest BCUT2D eigenvalue weighted by molar-refractivity contribution is -0.124. The van der Waals surface area contributed by atoms with Gasteiger partial charge in [0.25, 0.3) is 11.8 Å². The van der Waals surface area contributed by atoms with Crippen molar-refractivity contribution in [3.63, 3.8) is 0 Å². The SMILES string of the molecule is CCCCCCCCCCCCC(CCCCCCCCCC)CN1C(=O)C2=C(c3ccc(-c4sc(C)c(F)c4F)s3)N(CC(CCCCCCCCCC)CCCCCCCCCCCC)C(=O)C2=C1c1ccc(C)s1. The molecule has 2 aliphatic rings. The van der Waals surface area contributed by atoms with Crippen molar-refractivity contribution in [2.24, 2.45) is 11.8 Å². The van der Waals surface area contributed by atoms with E-state index in [-0.39, 0.29) is 16.7 Å². The van der Waals surface area contributed by atoms with Gasteiger partial charge in [0.2, 0.25) is 0 Å². The van der Waals surface area contributed by atoms with Crippen molar-refractivity contribution in [1.29, 1.82) is 0 Å². The molecule has 4 nitrogen and oxygen atoms in total. The van der Waals surface area contributed by atoms with E-state index in [2.05, 4.69) is 46.8 Å². The van der Waals surface area contributed by atoms with Gasteiger partial charge in [0.15, 0.2) is 11.6 Å². The molecule has 77 heavy (non-hydrogen) atoms. The van der Waals surface area contributed by atoms with Crippen LogP contribution in [0.15, 0.2) is 35.4 Å². The molecule has 0 fully saturated rings. The molecule has 2 aliphatic heterocycles. The molecule has 9 heteroatoms. The lowest BCUT2D eigenvalue weighted by atomic mass is 9.93. The second-order valence-corrected chi connectivity index (χ2v) is 27.3. The lowest BCUT2D eigenvalue weighted by Crippen LogP contribution is -2.34. The zero-order valence-corrected chi connectivity index (χ0v) is 52.3. The highest BCUT2D eigenvalue weighted by atomic mass is 32.1. The van der Waals surface area contributed by atoms with E-state index >= 15 is 14.0 Å². The Kier molecular flexibility index (Phi) is 32.3. The van der Waals surface area contributed by atoms with E-state index in [1.54, 1.807) is 18.3 Å². The Labute approximate surface area is 482 Å². The van der Waals surface area contributed by atoms with E-state index in [4.69, 9.17) is 0 Å². The molecule has 0 aliphatic carbocycles. The molecule has 0 N–H and O–H groups in total. The van der Waals surface area contributed by atoms with Crippen LogP contribution in [-0.4, -0.2) is 34.7 Å². The maximum Gasteiger partial charge on any atom is 0.261 e. The summed E-state index contributed by atoms with van der Waals surface area (Å²) in [6.07, 6.45) is 50.5. The van der Waals surface area contributed by atoms with Gasteiger partial charge in [-0.3, -0.25) is 9.59 Å². The van der Waals surface area contributed by atoms with E-state index in [1.165, 1.54) is 230 Å². The maximum atomic E-state index is 15.8. The first kappa shape index (κ1) is 65.2. The molecule has 0 bridgehead atoms. The third kappa shape index (κ3) is 21.7. The normalized spacial score (nSPS) is 14.6. The van der Waals surface area contributed by atoms with E-state index < -0.39 is 11.6 Å². The van der Waals surface area contributed by atoms with Crippen LogP contribution in [0, 0.1) is 37.3 Å². The summed E-state index contributed by atoms with van der Waals surface area (Å²) in [7, 11) is 0. The largest absolute Gasteiger partial charge is 0.306 e. The van der Waals surface area contributed by atoms with Crippen LogP contribution in [0.25, 0.3) is 21.1 Å². The molecule has 3 aromatic heterocycles. The van der Waals surface area contributed by atoms with Gasteiger partial charge < -0.3 is 9.80 Å². The van der Waals surface area contributed by atoms with Gasteiger partial charge in [0.05, 0.1) is 37.2 Å². The fourth-order valence-corrected chi connectivity index (χ4v) is 15.2. The molecule has 2 atom stereocenters. The molecule has 2 amide bonds. The van der Waals surface area contributed by atoms with Gasteiger partial charge in [-0.15, -0.1) is 34.0 Å². The molecule has 3 aromatic rings. The summed E-state index contributed by atoms with van der Waals surface area (Å²) in [5.74, 6) is -1.11. The van der Waals surface area contributed by atoms with Crippen LogP contribution in [0.4, 0.5) is 8.78 Å². The number of hydrogen-bond donors (Lipinski definition) is 0. The Morgan fingerprint density at radius 1 is 0.377 bits per heavy atom. The minimum atomic E-state index is -0.816. The second kappa shape index (κ2) is 38.2. The van der Waals surface area contributed by atoms with Crippen molar-refractivity contribution >= 4 is 57.2 Å². The van der Waals surface area contributed by atoms with E-state index in [1.807, 2.05) is 21.9 Å². The molecule has 0 saturated heterocycles. The first-order valence-electron chi connectivity index (χ1n) is 32.4. The standard InChI is InChI=1S/C68H108F2N2O2S3/c1-7-11-15-19-23-27-29-33-37-41-44-55(43-39-35-31-25-21-17-13-9-3)51-71-64(57-48-47-53(5)75-57)60-61(68(71)74)65(58-49-50-59(77-58)66-63(70)62(69)54(6)76-66)72(67(60)73)52-56(45-40-36-32-26-22-18-14-10-4)46-42-38-34-30-28-24-20-16-12-8-2/h47-50,55-56H,7-46,51-52H2,1-6H3. The van der Waals surface area contributed by atoms with Crippen molar-refractivity contribution < 1.29 is 18.4 Å². The van der Waals surface area contributed by atoms with Crippen molar-refractivity contribution in [3.05, 3.63) is 66.6 Å². The number of halogens is 2. The summed E-state index contributed by atoms with van der Waals surface area (Å²) in [5.41, 5.74) is 2.56. The number of hydrogen-bond acceptors (Lipinski definition) is 5. The summed E-state index contributed by atoms with van der Waals surface area (Å²) in [6, 6.07) is 8.11. The van der Waals surface area contributed by atoms with Crippen LogP contribution < -0.4 is 0 Å². The van der Waals surface area contributed by atoms with Crippen molar-refractivity contribution in [2.45, 2.75) is 298 Å². The Morgan fingerprint density at radius 2 is 0.675 bits per heavy atom. The number of amides is 2. The predicted molar refractivity (Wildman–Crippen MR) is 333 cm³/mol. The molecule has 5 heterocycles. The van der Waals surface area contributed by atoms with Gasteiger partial charge >= 0.3 is 0 Å². The summed E-state index contributed by atoms with van der Waals surface area (Å²) in [4.78, 5) is 39.7. The third-order valence-corrected chi connectivity index (χ3v) is 20.3. The Morgan fingerprint density at radius 3 is 0.974 bits per heavy atom. The fraction of sp³-hybridized carbons (Fsp3) is 0.735. The predicted octanol–water partition coefficient (Wildman–Crippen LogP) is 23.2. The van der Waals surface area contributed by atoms with Crippen LogP contribution >= 0.6 is 34.0 Å². The number of carbonyl (C=O) groups is 2. The molecule has 434 valence electrons. The smallest absolute Gasteiger partial charge is 0.261 e. The minimum absolute atomic E-state index is 0.0654. The molecule has 0 saturated carbocycles. The van der Waals surface area contributed by atoms with Crippen molar-refractivity contribution in [1.82, 2.24) is 9.80 Å². The first-order chi connectivity index (χ1) is 37.6. The number of nitrogens with zero attached hydrogens (tertiary/aromatic N) is 2. The topological polar surface area (TPSA) is 40.6 Å². The maximum absolute atomic E-state index is 15.8. The molecule has 5 rings (SSSR count). The van der Waals surface area contributed by atoms with Gasteiger partial charge in [0, 0.05) is 27.7 Å². The minimum Gasteiger partial charge on any atom is -0.306 e. The number of thiophene rings is 3. The van der Waals surface area contributed by atoms with Crippen LogP contribution in [0.1, 0.15) is 304 Å². The Bertz CT molecular complexity index is 2180. The number of fused-ring (bicyclic) bond motifs is 1. The zero-order chi connectivity index (χ0) is 55.0. The first-order valence-corrected chi connectivity index (χ1v) is 34.8. The molecule has 2 unspecified atom stereocenters. The summed E-state index contributed by atoms with van der Waals surface area (Å²) < 4.78 is 30.5. The van der Waals surface area contributed by atoms with Crippen molar-refractivity contribution in [2.75, 3.05) is 13.1 Å². The zero-order valence-electron chi connectivity index (χ0n) is 49.9. The van der Waals surface area contributed by atoms with Gasteiger partial charge in [0.1, 0.15) is 0 Å². The highest BCUT2D eigenvalue weighted by molar-refractivity contribution is 7.22. The summed E-state index contributed by atoms with van der Waals surface area (Å²) in [6.45, 7) is 14.0. The van der Waals surface area contributed by atoms with Gasteiger partial charge in [-0.25, -0.2) is 8.78 Å². The molecule has 0 aromatic carbocycles. The van der Waals surface area contributed by atoms with Gasteiger partial charge in [-0.2, -0.15) is 0 Å². The van der Waals surface area contributed by atoms with E-state index in [9.17, 15) is 4.39 Å². The van der Waals surface area contributed by atoms with Crippen LogP contribution in [0.2, 0.25) is 0 Å². The van der Waals surface area contributed by atoms with Gasteiger partial charge in [-0.1, -0.05) is 259 Å². The average molecular weight is 1120 g/mol. The molecular weight excluding hydrogens is 1010 g/mol. The third-order valence-electron chi connectivity index (χ3n) is 16.9. The highest BCUT2D eigenvalue weighted by Gasteiger charge is 2.50. The van der Waals surface area contributed by atoms with E-state index in [0.717, 1.165) is 70.2 Å². The Balaban J connectivity index is 1.45. The number of carbonyl (C=O) groups excluding carboxylic acids is 2. The second-order valence-electron chi connectivity index (χ2n) is 23.7. The monoisotopic (exact) mass is 1120 g/mol. The number of aryl methyl sites for hydroxylation is 2. The number of rotatable bonds is 47. The van der Waals surface area contributed by atoms with E-state index in [0.29, 0.717) is 51.5 Å². The quantitative estimate of drug-likeness (QED) is 0.0529. The molecular formula is C68H108F2N2O2S3. The fourth-order valence-electron chi connectivity index (χ4n) is 12.2. The van der Waals surface area contributed by atoms with Crippen LogP contribution in [0.5, 0.6) is 0 Å². The van der Waals surface area contributed by atoms with Crippen LogP contribution in [0.3, 0.4) is 0 Å².